The summed E-state index contributed by atoms with van der Waals surface area (Å²) in [4.78, 5) is 12.1. The molecule has 0 aliphatic carbocycles. The van der Waals surface area contributed by atoms with E-state index in [0.29, 0.717) is 10.7 Å². The van der Waals surface area contributed by atoms with Crippen LogP contribution in [-0.4, -0.2) is 6.03 Å². The molecule has 2 rings (SSSR count). The lowest BCUT2D eigenvalue weighted by Crippen LogP contribution is -2.20. The van der Waals surface area contributed by atoms with Crippen molar-refractivity contribution in [3.8, 4) is 0 Å². The van der Waals surface area contributed by atoms with Crippen molar-refractivity contribution >= 4 is 44.9 Å². The summed E-state index contributed by atoms with van der Waals surface area (Å²) in [5.74, 6) is 0. The van der Waals surface area contributed by atoms with E-state index in [1.807, 2.05) is 44.2 Å². The maximum atomic E-state index is 12.1. The molecule has 0 atom stereocenters. The zero-order chi connectivity index (χ0) is 15.4. The predicted molar refractivity (Wildman–Crippen MR) is 92.4 cm³/mol. The second-order valence-corrected chi connectivity index (χ2v) is 6.02. The van der Waals surface area contributed by atoms with Crippen LogP contribution in [0.15, 0.2) is 40.9 Å². The van der Waals surface area contributed by atoms with Crippen LogP contribution in [0.4, 0.5) is 16.2 Å². The van der Waals surface area contributed by atoms with Crippen molar-refractivity contribution in [1.82, 2.24) is 0 Å². The lowest BCUT2D eigenvalue weighted by atomic mass is 10.1. The Morgan fingerprint density at radius 3 is 2.62 bits per heavy atom. The topological polar surface area (TPSA) is 41.1 Å². The Bertz CT molecular complexity index is 673. The Morgan fingerprint density at radius 2 is 1.95 bits per heavy atom. The third-order valence-electron chi connectivity index (χ3n) is 3.13. The first-order valence-corrected chi connectivity index (χ1v) is 7.79. The predicted octanol–water partition coefficient (Wildman–Crippen LogP) is 5.62. The number of aryl methyl sites for hydroxylation is 2. The molecule has 0 bridgehead atoms. The van der Waals surface area contributed by atoms with Crippen LogP contribution >= 0.6 is 27.5 Å². The van der Waals surface area contributed by atoms with Crippen molar-refractivity contribution < 1.29 is 4.79 Å². The fraction of sp³-hybridized carbons (Fsp3) is 0.188. The highest BCUT2D eigenvalue weighted by atomic mass is 79.9. The van der Waals surface area contributed by atoms with E-state index in [9.17, 15) is 4.79 Å². The van der Waals surface area contributed by atoms with Crippen LogP contribution in [0.3, 0.4) is 0 Å². The molecule has 0 aliphatic heterocycles. The standard InChI is InChI=1S/C16H16BrClN2O/c1-3-11-8-12(17)5-7-15(11)20-16(21)19-13-6-4-10(2)14(18)9-13/h4-9H,3H2,1-2H3,(H2,19,20,21). The van der Waals surface area contributed by atoms with Gasteiger partial charge in [-0.3, -0.25) is 0 Å². The van der Waals surface area contributed by atoms with E-state index in [-0.39, 0.29) is 6.03 Å². The number of amides is 2. The first-order chi connectivity index (χ1) is 9.99. The summed E-state index contributed by atoms with van der Waals surface area (Å²) in [5, 5.41) is 6.27. The van der Waals surface area contributed by atoms with E-state index < -0.39 is 0 Å². The number of anilines is 2. The van der Waals surface area contributed by atoms with Crippen LogP contribution in [0.1, 0.15) is 18.1 Å². The van der Waals surface area contributed by atoms with Gasteiger partial charge in [0.05, 0.1) is 0 Å². The van der Waals surface area contributed by atoms with Gasteiger partial charge in [-0.1, -0.05) is 40.5 Å². The zero-order valence-corrected chi connectivity index (χ0v) is 14.2. The van der Waals surface area contributed by atoms with E-state index in [0.717, 1.165) is 27.7 Å². The van der Waals surface area contributed by atoms with Gasteiger partial charge in [-0.25, -0.2) is 4.79 Å². The van der Waals surface area contributed by atoms with Crippen molar-refractivity contribution in [2.75, 3.05) is 10.6 Å². The van der Waals surface area contributed by atoms with Gasteiger partial charge in [-0.15, -0.1) is 0 Å². The Labute approximate surface area is 137 Å². The van der Waals surface area contributed by atoms with Crippen LogP contribution < -0.4 is 10.6 Å². The maximum absolute atomic E-state index is 12.1. The first kappa shape index (κ1) is 15.9. The van der Waals surface area contributed by atoms with Crippen LogP contribution in [0.5, 0.6) is 0 Å². The molecule has 0 saturated carbocycles. The largest absolute Gasteiger partial charge is 0.323 e. The third kappa shape index (κ3) is 4.22. The Morgan fingerprint density at radius 1 is 1.19 bits per heavy atom. The number of hydrogen-bond donors (Lipinski definition) is 2. The molecule has 0 saturated heterocycles. The molecule has 0 unspecified atom stereocenters. The maximum Gasteiger partial charge on any atom is 0.323 e. The third-order valence-corrected chi connectivity index (χ3v) is 4.03. The van der Waals surface area contributed by atoms with E-state index in [4.69, 9.17) is 11.6 Å². The highest BCUT2D eigenvalue weighted by Crippen LogP contribution is 2.23. The molecule has 21 heavy (non-hydrogen) atoms. The molecule has 2 aromatic carbocycles. The number of nitrogens with one attached hydrogen (secondary N) is 2. The highest BCUT2D eigenvalue weighted by Gasteiger charge is 2.07. The molecule has 0 heterocycles. The number of rotatable bonds is 3. The molecule has 0 fully saturated rings. The summed E-state index contributed by atoms with van der Waals surface area (Å²) in [7, 11) is 0. The highest BCUT2D eigenvalue weighted by molar-refractivity contribution is 9.10. The first-order valence-electron chi connectivity index (χ1n) is 6.62. The van der Waals surface area contributed by atoms with Crippen LogP contribution in [0.2, 0.25) is 5.02 Å². The average Bonchev–Trinajstić information content (AvgIpc) is 2.44. The second kappa shape index (κ2) is 6.96. The molecule has 0 aromatic heterocycles. The molecule has 5 heteroatoms. The van der Waals surface area contributed by atoms with Gasteiger partial charge in [0.2, 0.25) is 0 Å². The van der Waals surface area contributed by atoms with Crippen LogP contribution in [-0.2, 0) is 6.42 Å². The van der Waals surface area contributed by atoms with E-state index >= 15 is 0 Å². The molecule has 2 amide bonds. The summed E-state index contributed by atoms with van der Waals surface area (Å²) in [6.45, 7) is 3.96. The van der Waals surface area contributed by atoms with Gasteiger partial charge in [0.1, 0.15) is 0 Å². The average molecular weight is 368 g/mol. The fourth-order valence-corrected chi connectivity index (χ4v) is 2.52. The van der Waals surface area contributed by atoms with E-state index in [2.05, 4.69) is 26.6 Å². The minimum atomic E-state index is -0.285. The van der Waals surface area contributed by atoms with Gasteiger partial charge < -0.3 is 10.6 Å². The summed E-state index contributed by atoms with van der Waals surface area (Å²) < 4.78 is 0.996. The van der Waals surface area contributed by atoms with Crippen LogP contribution in [0.25, 0.3) is 0 Å². The molecule has 110 valence electrons. The normalized spacial score (nSPS) is 10.3. The van der Waals surface area contributed by atoms with Crippen molar-refractivity contribution in [2.24, 2.45) is 0 Å². The summed E-state index contributed by atoms with van der Waals surface area (Å²) >= 11 is 9.47. The van der Waals surface area contributed by atoms with Crippen molar-refractivity contribution in [3.63, 3.8) is 0 Å². The minimum absolute atomic E-state index is 0.285. The molecular formula is C16H16BrClN2O. The lowest BCUT2D eigenvalue weighted by Gasteiger charge is -2.12. The molecule has 0 spiro atoms. The molecule has 2 N–H and O–H groups in total. The quantitative estimate of drug-likeness (QED) is 0.726. The van der Waals surface area contributed by atoms with Crippen molar-refractivity contribution in [1.29, 1.82) is 0 Å². The summed E-state index contributed by atoms with van der Waals surface area (Å²) in [6, 6.07) is 10.9. The van der Waals surface area contributed by atoms with Gasteiger partial charge in [0, 0.05) is 20.9 Å². The zero-order valence-electron chi connectivity index (χ0n) is 11.8. The molecule has 2 aromatic rings. The molecule has 3 nitrogen and oxygen atoms in total. The number of carbonyl (C=O) groups is 1. The lowest BCUT2D eigenvalue weighted by molar-refractivity contribution is 0.262. The van der Waals surface area contributed by atoms with Crippen LogP contribution in [0, 0.1) is 6.92 Å². The van der Waals surface area contributed by atoms with E-state index in [1.54, 1.807) is 6.07 Å². The van der Waals surface area contributed by atoms with Gasteiger partial charge >= 0.3 is 6.03 Å². The number of carbonyl (C=O) groups excluding carboxylic acids is 1. The number of halogens is 2. The SMILES string of the molecule is CCc1cc(Br)ccc1NC(=O)Nc1ccc(C)c(Cl)c1. The number of hydrogen-bond acceptors (Lipinski definition) is 1. The monoisotopic (exact) mass is 366 g/mol. The Kier molecular flexibility index (Phi) is 5.26. The van der Waals surface area contributed by atoms with Crippen molar-refractivity contribution in [2.45, 2.75) is 20.3 Å². The fourth-order valence-electron chi connectivity index (χ4n) is 1.93. The molecule has 0 aliphatic rings. The second-order valence-electron chi connectivity index (χ2n) is 4.70. The number of benzene rings is 2. The van der Waals surface area contributed by atoms with Crippen molar-refractivity contribution in [3.05, 3.63) is 57.0 Å². The van der Waals surface area contributed by atoms with Gasteiger partial charge in [0.15, 0.2) is 0 Å². The summed E-state index contributed by atoms with van der Waals surface area (Å²) in [6.07, 6.45) is 0.839. The smallest absolute Gasteiger partial charge is 0.308 e. The summed E-state index contributed by atoms with van der Waals surface area (Å²) in [5.41, 5.74) is 3.51. The molecular weight excluding hydrogens is 352 g/mol. The Hall–Kier alpha value is -1.52. The van der Waals surface area contributed by atoms with Gasteiger partial charge in [0.25, 0.3) is 0 Å². The molecule has 0 radical (unpaired) electrons. The Balaban J connectivity index is 2.09. The minimum Gasteiger partial charge on any atom is -0.308 e. The van der Waals surface area contributed by atoms with E-state index in [1.165, 1.54) is 0 Å². The number of urea groups is 1. The van der Waals surface area contributed by atoms with Gasteiger partial charge in [-0.2, -0.15) is 0 Å². The van der Waals surface area contributed by atoms with Gasteiger partial charge in [-0.05, 0) is 54.8 Å².